The first-order valence-electron chi connectivity index (χ1n) is 12.2. The zero-order valence-corrected chi connectivity index (χ0v) is 22.7. The van der Waals surface area contributed by atoms with E-state index in [0.29, 0.717) is 30.0 Å². The molecule has 0 radical (unpaired) electrons. The molecule has 2 fully saturated rings. The molecule has 1 aromatic carbocycles. The fourth-order valence-electron chi connectivity index (χ4n) is 4.35. The number of Topliss-reactive ketones (excluding diaryl/α,β-unsaturated/α-hetero) is 1. The van der Waals surface area contributed by atoms with Crippen molar-refractivity contribution in [3.8, 4) is 0 Å². The van der Waals surface area contributed by atoms with E-state index in [1.165, 1.54) is 11.8 Å². The number of hydrogen-bond acceptors (Lipinski definition) is 6. The van der Waals surface area contributed by atoms with Crippen molar-refractivity contribution < 1.29 is 19.2 Å². The van der Waals surface area contributed by atoms with E-state index in [4.69, 9.17) is 0 Å². The number of nitrogens with one attached hydrogen (secondary N) is 3. The number of rotatable bonds is 9. The van der Waals surface area contributed by atoms with Gasteiger partial charge in [-0.25, -0.2) is 5.43 Å². The highest BCUT2D eigenvalue weighted by Crippen LogP contribution is 2.29. The third kappa shape index (κ3) is 7.70. The Hall–Kier alpha value is -2.59. The molecule has 198 valence electrons. The number of benzene rings is 1. The van der Waals surface area contributed by atoms with E-state index in [-0.39, 0.29) is 24.2 Å². The molecule has 0 aromatic heterocycles. The Morgan fingerprint density at radius 1 is 1.08 bits per heavy atom. The van der Waals surface area contributed by atoms with Crippen LogP contribution >= 0.6 is 24.2 Å². The number of carbonyl (C=O) groups excluding carboxylic acids is 4. The molecule has 3 amide bonds. The summed E-state index contributed by atoms with van der Waals surface area (Å²) in [4.78, 5) is 54.0. The first kappa shape index (κ1) is 29.6. The number of nitrogens with zero attached hydrogens (tertiary/aromatic N) is 2. The van der Waals surface area contributed by atoms with Crippen molar-refractivity contribution in [2.75, 3.05) is 19.3 Å². The average Bonchev–Trinajstić information content (AvgIpc) is 3.26. The number of halogens is 1. The molecular formula is C25H36ClN5O4S. The summed E-state index contributed by atoms with van der Waals surface area (Å²) in [6.07, 6.45) is 3.79. The first-order chi connectivity index (χ1) is 16.7. The zero-order valence-electron chi connectivity index (χ0n) is 21.0. The van der Waals surface area contributed by atoms with Crippen molar-refractivity contribution in [1.29, 1.82) is 0 Å². The third-order valence-corrected chi connectivity index (χ3v) is 7.37. The van der Waals surface area contributed by atoms with Gasteiger partial charge in [0.25, 0.3) is 5.91 Å². The van der Waals surface area contributed by atoms with E-state index >= 15 is 0 Å². The molecule has 3 N–H and O–H groups in total. The molecule has 3 rings (SSSR count). The Bertz CT molecular complexity index is 966. The van der Waals surface area contributed by atoms with Crippen LogP contribution in [-0.4, -0.2) is 64.5 Å². The van der Waals surface area contributed by atoms with Gasteiger partial charge in [-0.3, -0.25) is 19.2 Å². The summed E-state index contributed by atoms with van der Waals surface area (Å²) in [5, 5.41) is 10.5. The molecule has 2 aliphatic rings. The fourth-order valence-corrected chi connectivity index (χ4v) is 5.32. The number of carbonyl (C=O) groups is 4. The molecule has 9 nitrogen and oxygen atoms in total. The number of hydrogen-bond donors (Lipinski definition) is 3. The van der Waals surface area contributed by atoms with Gasteiger partial charge in [-0.2, -0.15) is 0 Å². The maximum absolute atomic E-state index is 13.6. The Morgan fingerprint density at radius 3 is 2.33 bits per heavy atom. The van der Waals surface area contributed by atoms with Gasteiger partial charge in [-0.05, 0) is 37.3 Å². The standard InChI is InChI=1S/C25H35N5O4S.ClH/c1-17(2)16-19(20(31)22(33)28-29-24-30(3)14-15-35-24)26-23(34)25(12-8-5-9-13-25)27-21(32)18-10-6-4-7-11-18;/h4,6-7,10-11,17,19H,5,8-9,12-16H2,1-3H3,(H,26,34)(H,27,32)(H,28,33);1H. The van der Waals surface area contributed by atoms with Crippen LogP contribution in [0.4, 0.5) is 0 Å². The Labute approximate surface area is 223 Å². The van der Waals surface area contributed by atoms with E-state index in [2.05, 4.69) is 21.2 Å². The van der Waals surface area contributed by atoms with E-state index < -0.39 is 29.2 Å². The second-order valence-electron chi connectivity index (χ2n) is 9.59. The number of amidine groups is 1. The molecule has 1 aliphatic heterocycles. The fraction of sp³-hybridized carbons (Fsp3) is 0.560. The van der Waals surface area contributed by atoms with Crippen molar-refractivity contribution in [3.63, 3.8) is 0 Å². The number of thioether (sulfide) groups is 1. The highest BCUT2D eigenvalue weighted by Gasteiger charge is 2.43. The van der Waals surface area contributed by atoms with Crippen LogP contribution in [0, 0.1) is 5.92 Å². The SMILES string of the molecule is CC(C)CC(NC(=O)C1(NC(=O)c2ccccc2)CCCCC1)C(=O)C(=O)NN=C1SCCN1C.Cl. The van der Waals surface area contributed by atoms with Gasteiger partial charge in [0.2, 0.25) is 11.7 Å². The molecule has 1 atom stereocenters. The number of hydrazone groups is 1. The van der Waals surface area contributed by atoms with Crippen LogP contribution in [-0.2, 0) is 14.4 Å². The molecule has 1 aliphatic carbocycles. The lowest BCUT2D eigenvalue weighted by Crippen LogP contribution is -2.62. The summed E-state index contributed by atoms with van der Waals surface area (Å²) in [6, 6.07) is 7.74. The number of ketones is 1. The maximum atomic E-state index is 13.6. The van der Waals surface area contributed by atoms with Crippen LogP contribution < -0.4 is 16.1 Å². The topological polar surface area (TPSA) is 120 Å². The zero-order chi connectivity index (χ0) is 25.4. The van der Waals surface area contributed by atoms with Crippen molar-refractivity contribution in [3.05, 3.63) is 35.9 Å². The van der Waals surface area contributed by atoms with Crippen LogP contribution in [0.3, 0.4) is 0 Å². The summed E-state index contributed by atoms with van der Waals surface area (Å²) in [5.41, 5.74) is 1.68. The van der Waals surface area contributed by atoms with Crippen LogP contribution in [0.1, 0.15) is 62.7 Å². The lowest BCUT2D eigenvalue weighted by Gasteiger charge is -2.37. The molecule has 1 saturated carbocycles. The second-order valence-corrected chi connectivity index (χ2v) is 10.7. The molecule has 1 heterocycles. The quantitative estimate of drug-likeness (QED) is 0.329. The average molecular weight is 538 g/mol. The maximum Gasteiger partial charge on any atom is 0.309 e. The van der Waals surface area contributed by atoms with Crippen LogP contribution in [0.15, 0.2) is 35.4 Å². The summed E-state index contributed by atoms with van der Waals surface area (Å²) in [7, 11) is 1.86. The Morgan fingerprint density at radius 2 is 1.75 bits per heavy atom. The normalized spacial score (nSPS) is 18.8. The van der Waals surface area contributed by atoms with Gasteiger partial charge in [0, 0.05) is 24.9 Å². The van der Waals surface area contributed by atoms with E-state index in [0.717, 1.165) is 31.6 Å². The second kappa shape index (κ2) is 13.6. The Kier molecular flexibility index (Phi) is 11.2. The van der Waals surface area contributed by atoms with Crippen LogP contribution in [0.5, 0.6) is 0 Å². The molecule has 1 saturated heterocycles. The van der Waals surface area contributed by atoms with Gasteiger partial charge in [0.05, 0.1) is 6.04 Å². The first-order valence-corrected chi connectivity index (χ1v) is 13.1. The summed E-state index contributed by atoms with van der Waals surface area (Å²) in [6.45, 7) is 4.65. The summed E-state index contributed by atoms with van der Waals surface area (Å²) in [5.74, 6) is -1.45. The lowest BCUT2D eigenvalue weighted by atomic mass is 9.80. The van der Waals surface area contributed by atoms with Crippen molar-refractivity contribution in [1.82, 2.24) is 21.0 Å². The molecule has 1 unspecified atom stereocenters. The molecular weight excluding hydrogens is 502 g/mol. The highest BCUT2D eigenvalue weighted by molar-refractivity contribution is 8.14. The molecule has 0 bridgehead atoms. The molecule has 0 spiro atoms. The minimum absolute atomic E-state index is 0. The predicted molar refractivity (Wildman–Crippen MR) is 144 cm³/mol. The third-order valence-electron chi connectivity index (χ3n) is 6.32. The summed E-state index contributed by atoms with van der Waals surface area (Å²) >= 11 is 1.50. The minimum atomic E-state index is -1.12. The predicted octanol–water partition coefficient (Wildman–Crippen LogP) is 2.71. The molecule has 36 heavy (non-hydrogen) atoms. The van der Waals surface area contributed by atoms with E-state index in [1.807, 2.05) is 31.9 Å². The van der Waals surface area contributed by atoms with Gasteiger partial charge in [-0.15, -0.1) is 17.5 Å². The largest absolute Gasteiger partial charge is 0.352 e. The van der Waals surface area contributed by atoms with Gasteiger partial charge >= 0.3 is 5.91 Å². The smallest absolute Gasteiger partial charge is 0.309 e. The summed E-state index contributed by atoms with van der Waals surface area (Å²) < 4.78 is 0. The van der Waals surface area contributed by atoms with Crippen LogP contribution in [0.2, 0.25) is 0 Å². The van der Waals surface area contributed by atoms with E-state index in [1.54, 1.807) is 24.3 Å². The van der Waals surface area contributed by atoms with E-state index in [9.17, 15) is 19.2 Å². The monoisotopic (exact) mass is 537 g/mol. The van der Waals surface area contributed by atoms with Crippen molar-refractivity contribution in [2.24, 2.45) is 11.0 Å². The highest BCUT2D eigenvalue weighted by atomic mass is 35.5. The minimum Gasteiger partial charge on any atom is -0.352 e. The molecule has 1 aromatic rings. The van der Waals surface area contributed by atoms with Gasteiger partial charge < -0.3 is 15.5 Å². The van der Waals surface area contributed by atoms with Gasteiger partial charge in [-0.1, -0.05) is 63.1 Å². The van der Waals surface area contributed by atoms with Crippen molar-refractivity contribution >= 4 is 52.8 Å². The molecule has 11 heteroatoms. The van der Waals surface area contributed by atoms with Crippen molar-refractivity contribution in [2.45, 2.75) is 64.0 Å². The lowest BCUT2D eigenvalue weighted by molar-refractivity contribution is -0.141. The van der Waals surface area contributed by atoms with Gasteiger partial charge in [0.15, 0.2) is 5.17 Å². The van der Waals surface area contributed by atoms with Gasteiger partial charge in [0.1, 0.15) is 5.54 Å². The van der Waals surface area contributed by atoms with Crippen LogP contribution in [0.25, 0.3) is 0 Å². The number of amides is 3. The Balaban J connectivity index is 0.00000456.